The summed E-state index contributed by atoms with van der Waals surface area (Å²) < 4.78 is 10.5. The van der Waals surface area contributed by atoms with E-state index in [4.69, 9.17) is 21.1 Å². The van der Waals surface area contributed by atoms with Gasteiger partial charge in [0, 0.05) is 5.02 Å². The highest BCUT2D eigenvalue weighted by atomic mass is 35.5. The molecular weight excluding hydrogens is 188 g/mol. The fraction of sp³-hybridized carbons (Fsp3) is 0.400. The molecule has 3 heteroatoms. The summed E-state index contributed by atoms with van der Waals surface area (Å²) in [6, 6.07) is 7.19. The van der Waals surface area contributed by atoms with E-state index >= 15 is 0 Å². The first kappa shape index (κ1) is 10.4. The van der Waals surface area contributed by atoms with E-state index in [2.05, 4.69) is 0 Å². The molecule has 1 aromatic rings. The predicted molar refractivity (Wildman–Crippen MR) is 53.2 cm³/mol. The minimum atomic E-state index is 0.187. The van der Waals surface area contributed by atoms with Crippen molar-refractivity contribution in [1.82, 2.24) is 0 Å². The number of hydrogen-bond acceptors (Lipinski definition) is 2. The van der Waals surface area contributed by atoms with Gasteiger partial charge in [0.2, 0.25) is 0 Å². The number of benzene rings is 1. The average Bonchev–Trinajstić information content (AvgIpc) is 2.08. The van der Waals surface area contributed by atoms with Gasteiger partial charge in [0.15, 0.2) is 6.79 Å². The summed E-state index contributed by atoms with van der Waals surface area (Å²) in [6.45, 7) is 4.20. The van der Waals surface area contributed by atoms with Crippen LogP contribution in [0.1, 0.15) is 13.8 Å². The van der Waals surface area contributed by atoms with Crippen LogP contribution in [0, 0.1) is 0 Å². The SMILES string of the molecule is CC(C)OCOc1ccc(Cl)cc1. The molecule has 0 aliphatic carbocycles. The molecule has 1 rings (SSSR count). The highest BCUT2D eigenvalue weighted by molar-refractivity contribution is 6.30. The van der Waals surface area contributed by atoms with Gasteiger partial charge in [0.05, 0.1) is 6.10 Å². The van der Waals surface area contributed by atoms with Crippen molar-refractivity contribution in [3.8, 4) is 5.75 Å². The molecular formula is C10H13ClO2. The van der Waals surface area contributed by atoms with Crippen LogP contribution in [0.4, 0.5) is 0 Å². The lowest BCUT2D eigenvalue weighted by atomic mass is 10.3. The molecule has 0 radical (unpaired) electrons. The van der Waals surface area contributed by atoms with Crippen LogP contribution < -0.4 is 4.74 Å². The molecule has 0 spiro atoms. The summed E-state index contributed by atoms with van der Waals surface area (Å²) in [5.74, 6) is 0.769. The summed E-state index contributed by atoms with van der Waals surface area (Å²) in [4.78, 5) is 0. The molecule has 0 atom stereocenters. The van der Waals surface area contributed by atoms with Crippen molar-refractivity contribution in [1.29, 1.82) is 0 Å². The Kier molecular flexibility index (Phi) is 4.06. The molecule has 13 heavy (non-hydrogen) atoms. The Morgan fingerprint density at radius 1 is 1.23 bits per heavy atom. The molecule has 0 saturated heterocycles. The van der Waals surface area contributed by atoms with E-state index in [1.54, 1.807) is 12.1 Å². The standard InChI is InChI=1S/C10H13ClO2/c1-8(2)12-7-13-10-5-3-9(11)4-6-10/h3-6,8H,7H2,1-2H3. The van der Waals surface area contributed by atoms with Crippen LogP contribution in [0.5, 0.6) is 5.75 Å². The zero-order valence-electron chi connectivity index (χ0n) is 7.79. The molecule has 0 aliphatic rings. The third-order valence-corrected chi connectivity index (χ3v) is 1.69. The van der Waals surface area contributed by atoms with Crippen molar-refractivity contribution in [2.75, 3.05) is 6.79 Å². The van der Waals surface area contributed by atoms with Gasteiger partial charge in [0.1, 0.15) is 5.75 Å². The average molecular weight is 201 g/mol. The second kappa shape index (κ2) is 5.10. The van der Waals surface area contributed by atoms with E-state index < -0.39 is 0 Å². The Bertz CT molecular complexity index is 244. The Morgan fingerprint density at radius 3 is 2.38 bits per heavy atom. The van der Waals surface area contributed by atoms with E-state index in [0.717, 1.165) is 5.75 Å². The Labute approximate surface area is 83.4 Å². The number of hydrogen-bond donors (Lipinski definition) is 0. The topological polar surface area (TPSA) is 18.5 Å². The Hall–Kier alpha value is -0.730. The Morgan fingerprint density at radius 2 is 1.85 bits per heavy atom. The lowest BCUT2D eigenvalue weighted by Gasteiger charge is -2.09. The maximum Gasteiger partial charge on any atom is 0.189 e. The maximum atomic E-state index is 5.71. The number of halogens is 1. The van der Waals surface area contributed by atoms with Crippen LogP contribution in [0.3, 0.4) is 0 Å². The van der Waals surface area contributed by atoms with Crippen molar-refractivity contribution in [3.63, 3.8) is 0 Å². The van der Waals surface area contributed by atoms with Crippen LogP contribution in [0.25, 0.3) is 0 Å². The molecule has 1 aromatic carbocycles. The summed E-state index contributed by atoms with van der Waals surface area (Å²) in [7, 11) is 0. The van der Waals surface area contributed by atoms with Gasteiger partial charge in [-0.25, -0.2) is 0 Å². The fourth-order valence-electron chi connectivity index (χ4n) is 0.769. The molecule has 0 heterocycles. The first-order valence-electron chi connectivity index (χ1n) is 4.18. The van der Waals surface area contributed by atoms with Crippen LogP contribution in [0.15, 0.2) is 24.3 Å². The van der Waals surface area contributed by atoms with E-state index in [-0.39, 0.29) is 12.9 Å². The monoisotopic (exact) mass is 200 g/mol. The molecule has 0 saturated carbocycles. The molecule has 0 aliphatic heterocycles. The molecule has 2 nitrogen and oxygen atoms in total. The van der Waals surface area contributed by atoms with Gasteiger partial charge in [-0.2, -0.15) is 0 Å². The highest BCUT2D eigenvalue weighted by Gasteiger charge is 1.95. The van der Waals surface area contributed by atoms with E-state index in [9.17, 15) is 0 Å². The van der Waals surface area contributed by atoms with E-state index in [1.165, 1.54) is 0 Å². The van der Waals surface area contributed by atoms with Gasteiger partial charge < -0.3 is 9.47 Å². The molecule has 0 amide bonds. The quantitative estimate of drug-likeness (QED) is 0.696. The normalized spacial score (nSPS) is 10.5. The minimum Gasteiger partial charge on any atom is -0.468 e. The van der Waals surface area contributed by atoms with Gasteiger partial charge in [0.25, 0.3) is 0 Å². The zero-order valence-corrected chi connectivity index (χ0v) is 8.54. The van der Waals surface area contributed by atoms with Crippen LogP contribution in [-0.2, 0) is 4.74 Å². The molecule has 0 bridgehead atoms. The largest absolute Gasteiger partial charge is 0.468 e. The lowest BCUT2D eigenvalue weighted by molar-refractivity contribution is -0.0199. The first-order valence-corrected chi connectivity index (χ1v) is 4.56. The lowest BCUT2D eigenvalue weighted by Crippen LogP contribution is -2.08. The maximum absolute atomic E-state index is 5.71. The van der Waals surface area contributed by atoms with Crippen LogP contribution in [0.2, 0.25) is 5.02 Å². The molecule has 0 N–H and O–H groups in total. The van der Waals surface area contributed by atoms with Crippen molar-refractivity contribution in [3.05, 3.63) is 29.3 Å². The molecule has 0 aromatic heterocycles. The third-order valence-electron chi connectivity index (χ3n) is 1.44. The Balaban J connectivity index is 2.33. The van der Waals surface area contributed by atoms with Gasteiger partial charge in [-0.05, 0) is 38.1 Å². The summed E-state index contributed by atoms with van der Waals surface area (Å²) in [5, 5.41) is 0.706. The molecule has 0 unspecified atom stereocenters. The van der Waals surface area contributed by atoms with Crippen molar-refractivity contribution in [2.45, 2.75) is 20.0 Å². The minimum absolute atomic E-state index is 0.187. The van der Waals surface area contributed by atoms with Crippen molar-refractivity contribution in [2.24, 2.45) is 0 Å². The summed E-state index contributed by atoms with van der Waals surface area (Å²) in [6.07, 6.45) is 0.187. The van der Waals surface area contributed by atoms with Crippen molar-refractivity contribution < 1.29 is 9.47 Å². The van der Waals surface area contributed by atoms with Gasteiger partial charge in [-0.3, -0.25) is 0 Å². The molecule has 72 valence electrons. The second-order valence-electron chi connectivity index (χ2n) is 2.93. The first-order chi connectivity index (χ1) is 6.18. The highest BCUT2D eigenvalue weighted by Crippen LogP contribution is 2.15. The van der Waals surface area contributed by atoms with Gasteiger partial charge in [-0.15, -0.1) is 0 Å². The second-order valence-corrected chi connectivity index (χ2v) is 3.37. The predicted octanol–water partition coefficient (Wildman–Crippen LogP) is 3.10. The van der Waals surface area contributed by atoms with Crippen LogP contribution >= 0.6 is 11.6 Å². The number of ether oxygens (including phenoxy) is 2. The van der Waals surface area contributed by atoms with E-state index in [0.29, 0.717) is 5.02 Å². The fourth-order valence-corrected chi connectivity index (χ4v) is 0.895. The van der Waals surface area contributed by atoms with Gasteiger partial charge in [-0.1, -0.05) is 11.6 Å². The zero-order chi connectivity index (χ0) is 9.68. The summed E-state index contributed by atoms with van der Waals surface area (Å²) in [5.41, 5.74) is 0. The third kappa shape index (κ3) is 4.15. The smallest absolute Gasteiger partial charge is 0.189 e. The van der Waals surface area contributed by atoms with Crippen LogP contribution in [-0.4, -0.2) is 12.9 Å². The molecule has 0 fully saturated rings. The van der Waals surface area contributed by atoms with Gasteiger partial charge >= 0.3 is 0 Å². The summed E-state index contributed by atoms with van der Waals surface area (Å²) >= 11 is 5.71. The van der Waals surface area contributed by atoms with Crippen molar-refractivity contribution >= 4 is 11.6 Å². The van der Waals surface area contributed by atoms with E-state index in [1.807, 2.05) is 26.0 Å². The number of rotatable bonds is 4.